The van der Waals surface area contributed by atoms with Crippen LogP contribution >= 0.6 is 11.6 Å². The minimum absolute atomic E-state index is 0. The average Bonchev–Trinajstić information content (AvgIpc) is 2.86. The summed E-state index contributed by atoms with van der Waals surface area (Å²) in [6.07, 6.45) is 4.21. The SMILES string of the molecule is C.O=S(=O)(Nc1cncc(-c2ccc3ncnc(Nc4ccc(O)c(Cl)c4)c3c2)c1)c1ccc(F)cc1F. The van der Waals surface area contributed by atoms with E-state index < -0.39 is 26.6 Å². The lowest BCUT2D eigenvalue weighted by Gasteiger charge is -2.12. The standard InChI is InChI=1S/C25H16ClF2N5O3S.CH4/c26-20-10-17(3-5-23(20)34)32-25-19-8-14(1-4-22(19)30-13-31-25)15-7-18(12-29-11-15)33-37(35,36)24-6-2-16(27)9-21(24)28;/h1-13,33-34H,(H,30,31,32);1H4. The first-order valence-corrected chi connectivity index (χ1v) is 12.5. The summed E-state index contributed by atoms with van der Waals surface area (Å²) < 4.78 is 54.9. The fourth-order valence-corrected chi connectivity index (χ4v) is 4.89. The molecule has 0 bridgehead atoms. The van der Waals surface area contributed by atoms with E-state index in [1.807, 2.05) is 0 Å². The first-order chi connectivity index (χ1) is 17.7. The average molecular weight is 556 g/mol. The molecular formula is C26H20ClF2N5O3S. The van der Waals surface area contributed by atoms with Gasteiger partial charge in [0.1, 0.15) is 34.4 Å². The lowest BCUT2D eigenvalue weighted by Crippen LogP contribution is -2.15. The van der Waals surface area contributed by atoms with Crippen LogP contribution < -0.4 is 10.0 Å². The predicted octanol–water partition coefficient (Wildman–Crippen LogP) is 6.51. The number of aromatic nitrogens is 3. The number of hydrogen-bond acceptors (Lipinski definition) is 7. The van der Waals surface area contributed by atoms with Crippen LogP contribution in [0.2, 0.25) is 5.02 Å². The zero-order chi connectivity index (χ0) is 26.2. The van der Waals surface area contributed by atoms with Gasteiger partial charge in [0.05, 0.1) is 22.4 Å². The van der Waals surface area contributed by atoms with Crippen molar-refractivity contribution >= 4 is 49.7 Å². The highest BCUT2D eigenvalue weighted by atomic mass is 35.5. The van der Waals surface area contributed by atoms with E-state index in [9.17, 15) is 22.3 Å². The Morgan fingerprint density at radius 1 is 0.868 bits per heavy atom. The number of halogens is 3. The van der Waals surface area contributed by atoms with E-state index in [1.165, 1.54) is 30.9 Å². The Morgan fingerprint density at radius 2 is 1.68 bits per heavy atom. The number of benzene rings is 3. The number of aromatic hydroxyl groups is 1. The predicted molar refractivity (Wildman–Crippen MR) is 143 cm³/mol. The Bertz CT molecular complexity index is 1770. The highest BCUT2D eigenvalue weighted by Crippen LogP contribution is 2.32. The third-order valence-corrected chi connectivity index (χ3v) is 7.07. The molecule has 0 saturated carbocycles. The van der Waals surface area contributed by atoms with Gasteiger partial charge in [0.15, 0.2) is 0 Å². The number of phenols is 1. The van der Waals surface area contributed by atoms with Gasteiger partial charge in [-0.05, 0) is 54.1 Å². The summed E-state index contributed by atoms with van der Waals surface area (Å²) in [5.41, 5.74) is 2.56. The van der Waals surface area contributed by atoms with E-state index >= 15 is 0 Å². The molecule has 0 atom stereocenters. The summed E-state index contributed by atoms with van der Waals surface area (Å²) in [6, 6.07) is 13.7. The zero-order valence-corrected chi connectivity index (χ0v) is 20.2. The zero-order valence-electron chi connectivity index (χ0n) is 18.7. The van der Waals surface area contributed by atoms with Gasteiger partial charge in [-0.15, -0.1) is 0 Å². The molecule has 0 aliphatic rings. The molecule has 0 aliphatic heterocycles. The Labute approximate surface area is 222 Å². The minimum Gasteiger partial charge on any atom is -0.506 e. The maximum Gasteiger partial charge on any atom is 0.264 e. The van der Waals surface area contributed by atoms with E-state index in [0.717, 1.165) is 12.1 Å². The number of fused-ring (bicyclic) bond motifs is 1. The smallest absolute Gasteiger partial charge is 0.264 e. The molecule has 12 heteroatoms. The summed E-state index contributed by atoms with van der Waals surface area (Å²) in [6.45, 7) is 0. The monoisotopic (exact) mass is 555 g/mol. The van der Waals surface area contributed by atoms with Crippen molar-refractivity contribution < 1.29 is 22.3 Å². The van der Waals surface area contributed by atoms with Crippen LogP contribution in [0.4, 0.5) is 26.0 Å². The molecule has 0 unspecified atom stereocenters. The molecule has 5 aromatic rings. The van der Waals surface area contributed by atoms with E-state index in [-0.39, 0.29) is 23.9 Å². The molecule has 5 rings (SSSR count). The molecule has 38 heavy (non-hydrogen) atoms. The summed E-state index contributed by atoms with van der Waals surface area (Å²) >= 11 is 6.00. The van der Waals surface area contributed by atoms with Gasteiger partial charge in [-0.3, -0.25) is 9.71 Å². The van der Waals surface area contributed by atoms with Crippen molar-refractivity contribution in [2.24, 2.45) is 0 Å². The second kappa shape index (κ2) is 10.6. The lowest BCUT2D eigenvalue weighted by atomic mass is 10.0. The van der Waals surface area contributed by atoms with Crippen LogP contribution in [0.25, 0.3) is 22.0 Å². The Kier molecular flexibility index (Phi) is 7.42. The van der Waals surface area contributed by atoms with E-state index in [4.69, 9.17) is 11.6 Å². The van der Waals surface area contributed by atoms with Gasteiger partial charge in [0.25, 0.3) is 10.0 Å². The number of anilines is 3. The summed E-state index contributed by atoms with van der Waals surface area (Å²) in [4.78, 5) is 12.0. The molecule has 0 saturated heterocycles. The first kappa shape index (κ1) is 26.7. The van der Waals surface area contributed by atoms with E-state index in [2.05, 4.69) is 25.0 Å². The fourth-order valence-electron chi connectivity index (χ4n) is 3.61. The molecule has 0 spiro atoms. The van der Waals surface area contributed by atoms with Crippen LogP contribution in [-0.4, -0.2) is 28.5 Å². The van der Waals surface area contributed by atoms with Crippen LogP contribution in [0.5, 0.6) is 5.75 Å². The van der Waals surface area contributed by atoms with Crippen LogP contribution in [0.3, 0.4) is 0 Å². The lowest BCUT2D eigenvalue weighted by molar-refractivity contribution is 0.475. The minimum atomic E-state index is -4.33. The number of rotatable bonds is 6. The van der Waals surface area contributed by atoms with Crippen LogP contribution in [-0.2, 0) is 10.0 Å². The molecule has 0 aliphatic carbocycles. The Hall–Kier alpha value is -4.35. The maximum absolute atomic E-state index is 14.1. The molecule has 194 valence electrons. The normalized spacial score (nSPS) is 11.1. The van der Waals surface area contributed by atoms with Crippen molar-refractivity contribution in [2.45, 2.75) is 12.3 Å². The highest BCUT2D eigenvalue weighted by molar-refractivity contribution is 7.92. The first-order valence-electron chi connectivity index (χ1n) is 10.6. The van der Waals surface area contributed by atoms with E-state index in [0.29, 0.717) is 39.6 Å². The topological polar surface area (TPSA) is 117 Å². The van der Waals surface area contributed by atoms with Crippen LogP contribution in [0.1, 0.15) is 7.43 Å². The number of nitrogens with one attached hydrogen (secondary N) is 2. The van der Waals surface area contributed by atoms with Crippen molar-refractivity contribution in [3.8, 4) is 16.9 Å². The third-order valence-electron chi connectivity index (χ3n) is 5.35. The van der Waals surface area contributed by atoms with Crippen molar-refractivity contribution in [3.63, 3.8) is 0 Å². The second-order valence-corrected chi connectivity index (χ2v) is 9.95. The van der Waals surface area contributed by atoms with Crippen molar-refractivity contribution in [1.29, 1.82) is 0 Å². The Balaban J connectivity index is 0.00000336. The van der Waals surface area contributed by atoms with Gasteiger partial charge in [-0.2, -0.15) is 0 Å². The van der Waals surface area contributed by atoms with Gasteiger partial charge < -0.3 is 10.4 Å². The molecular weight excluding hydrogens is 536 g/mol. The summed E-state index contributed by atoms with van der Waals surface area (Å²) in [7, 11) is -4.33. The second-order valence-electron chi connectivity index (χ2n) is 7.89. The Morgan fingerprint density at radius 3 is 2.45 bits per heavy atom. The van der Waals surface area contributed by atoms with Gasteiger partial charge in [0.2, 0.25) is 0 Å². The van der Waals surface area contributed by atoms with Crippen molar-refractivity contribution in [1.82, 2.24) is 15.0 Å². The molecule has 2 heterocycles. The van der Waals surface area contributed by atoms with Crippen molar-refractivity contribution in [2.75, 3.05) is 10.0 Å². The van der Waals surface area contributed by atoms with Crippen LogP contribution in [0, 0.1) is 11.6 Å². The summed E-state index contributed by atoms with van der Waals surface area (Å²) in [5, 5.41) is 13.6. The summed E-state index contributed by atoms with van der Waals surface area (Å²) in [5.74, 6) is -1.67. The van der Waals surface area contributed by atoms with Gasteiger partial charge in [-0.1, -0.05) is 25.1 Å². The van der Waals surface area contributed by atoms with Gasteiger partial charge in [-0.25, -0.2) is 27.2 Å². The number of pyridine rings is 1. The number of nitrogens with zero attached hydrogens (tertiary/aromatic N) is 3. The third kappa shape index (κ3) is 5.48. The van der Waals surface area contributed by atoms with Crippen LogP contribution in [0.15, 0.2) is 84.3 Å². The molecule has 3 N–H and O–H groups in total. The molecule has 2 aromatic heterocycles. The molecule has 0 amide bonds. The molecule has 8 nitrogen and oxygen atoms in total. The van der Waals surface area contributed by atoms with Crippen molar-refractivity contribution in [3.05, 3.63) is 96.0 Å². The highest BCUT2D eigenvalue weighted by Gasteiger charge is 2.20. The fraction of sp³-hybridized carbons (Fsp3) is 0.0385. The number of hydrogen-bond donors (Lipinski definition) is 3. The number of phenolic OH excluding ortho intramolecular Hbond substituents is 1. The maximum atomic E-state index is 14.1. The number of sulfonamides is 1. The van der Waals surface area contributed by atoms with E-state index in [1.54, 1.807) is 30.3 Å². The molecule has 0 fully saturated rings. The molecule has 3 aromatic carbocycles. The quantitative estimate of drug-likeness (QED) is 0.204. The van der Waals surface area contributed by atoms with Gasteiger partial charge in [0, 0.05) is 28.9 Å². The van der Waals surface area contributed by atoms with Gasteiger partial charge >= 0.3 is 0 Å². The molecule has 0 radical (unpaired) electrons. The largest absolute Gasteiger partial charge is 0.506 e.